The van der Waals surface area contributed by atoms with Crippen LogP contribution in [0.3, 0.4) is 0 Å². The summed E-state index contributed by atoms with van der Waals surface area (Å²) in [5.74, 6) is 0.747. The summed E-state index contributed by atoms with van der Waals surface area (Å²) >= 11 is 0. The fourth-order valence-electron chi connectivity index (χ4n) is 3.05. The Labute approximate surface area is 152 Å². The van der Waals surface area contributed by atoms with E-state index < -0.39 is 0 Å². The van der Waals surface area contributed by atoms with E-state index in [9.17, 15) is 4.79 Å². The van der Waals surface area contributed by atoms with Crippen LogP contribution in [0.15, 0.2) is 54.7 Å². The lowest BCUT2D eigenvalue weighted by atomic mass is 10.1. The Kier molecular flexibility index (Phi) is 4.39. The molecule has 0 unspecified atom stereocenters. The number of rotatable bonds is 5. The number of carbonyl (C=O) groups excluding carboxylic acids is 1. The number of benzene rings is 2. The quantitative estimate of drug-likeness (QED) is 0.711. The molecule has 0 fully saturated rings. The molecule has 0 saturated heterocycles. The molecule has 0 aliphatic carbocycles. The predicted molar refractivity (Wildman–Crippen MR) is 99.1 cm³/mol. The van der Waals surface area contributed by atoms with Gasteiger partial charge < -0.3 is 9.64 Å². The Hall–Kier alpha value is -3.15. The first kappa shape index (κ1) is 16.3. The number of aromatic nitrogens is 3. The lowest BCUT2D eigenvalue weighted by Crippen LogP contribution is -2.39. The van der Waals surface area contributed by atoms with Crippen molar-refractivity contribution in [3.8, 4) is 17.0 Å². The number of para-hydroxylation sites is 2. The van der Waals surface area contributed by atoms with Crippen LogP contribution in [0, 0.1) is 6.92 Å². The molecule has 0 bridgehead atoms. The minimum Gasteiger partial charge on any atom is -0.482 e. The van der Waals surface area contributed by atoms with Gasteiger partial charge in [0.15, 0.2) is 6.61 Å². The summed E-state index contributed by atoms with van der Waals surface area (Å²) in [6, 6.07) is 15.9. The van der Waals surface area contributed by atoms with E-state index in [4.69, 9.17) is 4.74 Å². The molecule has 0 atom stereocenters. The van der Waals surface area contributed by atoms with Crippen molar-refractivity contribution < 1.29 is 9.53 Å². The second kappa shape index (κ2) is 7.00. The molecule has 26 heavy (non-hydrogen) atoms. The van der Waals surface area contributed by atoms with Gasteiger partial charge in [-0.3, -0.25) is 9.48 Å². The van der Waals surface area contributed by atoms with Crippen LogP contribution in [0.1, 0.15) is 12.0 Å². The van der Waals surface area contributed by atoms with E-state index in [1.54, 1.807) is 4.90 Å². The predicted octanol–water partition coefficient (Wildman–Crippen LogP) is 3.07. The van der Waals surface area contributed by atoms with Gasteiger partial charge in [0.25, 0.3) is 5.91 Å². The molecule has 1 aliphatic heterocycles. The molecular formula is C20H20N4O2. The number of fused-ring (bicyclic) bond motifs is 1. The third-order valence-corrected chi connectivity index (χ3v) is 4.46. The summed E-state index contributed by atoms with van der Waals surface area (Å²) in [5, 5.41) is 8.44. The van der Waals surface area contributed by atoms with Crippen LogP contribution in [-0.4, -0.2) is 34.1 Å². The Balaban J connectivity index is 1.40. The smallest absolute Gasteiger partial charge is 0.265 e. The number of carbonyl (C=O) groups is 1. The average Bonchev–Trinajstić information content (AvgIpc) is 3.13. The minimum atomic E-state index is -0.0114. The molecule has 1 amide bonds. The number of hydrogen-bond acceptors (Lipinski definition) is 4. The maximum Gasteiger partial charge on any atom is 0.265 e. The van der Waals surface area contributed by atoms with Gasteiger partial charge in [-0.25, -0.2) is 0 Å². The zero-order valence-electron chi connectivity index (χ0n) is 14.6. The van der Waals surface area contributed by atoms with Crippen molar-refractivity contribution in [1.82, 2.24) is 15.0 Å². The van der Waals surface area contributed by atoms with E-state index in [1.807, 2.05) is 47.3 Å². The maximum atomic E-state index is 12.2. The van der Waals surface area contributed by atoms with Crippen LogP contribution in [0.2, 0.25) is 0 Å². The fourth-order valence-corrected chi connectivity index (χ4v) is 3.05. The van der Waals surface area contributed by atoms with Gasteiger partial charge in [0.1, 0.15) is 11.4 Å². The number of amides is 1. The van der Waals surface area contributed by atoms with E-state index in [1.165, 1.54) is 5.56 Å². The number of anilines is 1. The van der Waals surface area contributed by atoms with Gasteiger partial charge >= 0.3 is 0 Å². The van der Waals surface area contributed by atoms with E-state index >= 15 is 0 Å². The molecular weight excluding hydrogens is 328 g/mol. The standard InChI is InChI=1S/C20H20N4O2/c1-15-7-9-16(10-8-15)17-13-23(22-21-17)11-4-12-24-18-5-2-3-6-19(18)26-14-20(24)25/h2-3,5-10,13H,4,11-12,14H2,1H3. The monoisotopic (exact) mass is 348 g/mol. The molecule has 0 saturated carbocycles. The molecule has 1 aliphatic rings. The topological polar surface area (TPSA) is 60.2 Å². The van der Waals surface area contributed by atoms with E-state index in [2.05, 4.69) is 29.4 Å². The lowest BCUT2D eigenvalue weighted by molar-refractivity contribution is -0.121. The second-order valence-corrected chi connectivity index (χ2v) is 6.39. The van der Waals surface area contributed by atoms with Crippen molar-refractivity contribution in [3.63, 3.8) is 0 Å². The van der Waals surface area contributed by atoms with Crippen LogP contribution in [-0.2, 0) is 11.3 Å². The van der Waals surface area contributed by atoms with Gasteiger partial charge in [-0.05, 0) is 25.5 Å². The van der Waals surface area contributed by atoms with Crippen molar-refractivity contribution in [2.24, 2.45) is 0 Å². The van der Waals surface area contributed by atoms with Crippen molar-refractivity contribution in [2.75, 3.05) is 18.1 Å². The second-order valence-electron chi connectivity index (χ2n) is 6.39. The zero-order valence-corrected chi connectivity index (χ0v) is 14.6. The van der Waals surface area contributed by atoms with Crippen molar-refractivity contribution in [3.05, 3.63) is 60.3 Å². The highest BCUT2D eigenvalue weighted by Gasteiger charge is 2.24. The van der Waals surface area contributed by atoms with Crippen LogP contribution in [0.5, 0.6) is 5.75 Å². The number of nitrogens with zero attached hydrogens (tertiary/aromatic N) is 4. The van der Waals surface area contributed by atoms with Gasteiger partial charge in [0, 0.05) is 18.7 Å². The Bertz CT molecular complexity index is 918. The molecule has 0 spiro atoms. The van der Waals surface area contributed by atoms with Crippen LogP contribution >= 0.6 is 0 Å². The molecule has 2 heterocycles. The van der Waals surface area contributed by atoms with E-state index in [0.717, 1.165) is 29.1 Å². The Morgan fingerprint density at radius 1 is 1.08 bits per heavy atom. The van der Waals surface area contributed by atoms with Gasteiger partial charge in [0.2, 0.25) is 0 Å². The number of aryl methyl sites for hydroxylation is 2. The van der Waals surface area contributed by atoms with Gasteiger partial charge in [-0.15, -0.1) is 5.10 Å². The lowest BCUT2D eigenvalue weighted by Gasteiger charge is -2.29. The highest BCUT2D eigenvalue weighted by Crippen LogP contribution is 2.31. The molecule has 6 heteroatoms. The van der Waals surface area contributed by atoms with Gasteiger partial charge in [0.05, 0.1) is 11.9 Å². The van der Waals surface area contributed by atoms with E-state index in [0.29, 0.717) is 13.1 Å². The first-order valence-electron chi connectivity index (χ1n) is 8.70. The molecule has 6 nitrogen and oxygen atoms in total. The van der Waals surface area contributed by atoms with Crippen molar-refractivity contribution in [2.45, 2.75) is 19.9 Å². The fraction of sp³-hybridized carbons (Fsp3) is 0.250. The highest BCUT2D eigenvalue weighted by atomic mass is 16.5. The highest BCUT2D eigenvalue weighted by molar-refractivity contribution is 5.97. The number of ether oxygens (including phenoxy) is 1. The van der Waals surface area contributed by atoms with Crippen LogP contribution < -0.4 is 9.64 Å². The molecule has 3 aromatic rings. The maximum absolute atomic E-state index is 12.2. The molecule has 1 aromatic heterocycles. The van der Waals surface area contributed by atoms with Gasteiger partial charge in [-0.2, -0.15) is 0 Å². The summed E-state index contributed by atoms with van der Waals surface area (Å²) in [5.41, 5.74) is 3.97. The SMILES string of the molecule is Cc1ccc(-c2cn(CCCN3C(=O)COc4ccccc43)nn2)cc1. The Morgan fingerprint density at radius 3 is 2.73 bits per heavy atom. The molecule has 2 aromatic carbocycles. The van der Waals surface area contributed by atoms with Crippen LogP contribution in [0.4, 0.5) is 5.69 Å². The summed E-state index contributed by atoms with van der Waals surface area (Å²) in [6.07, 6.45) is 2.73. The normalized spacial score (nSPS) is 13.4. The van der Waals surface area contributed by atoms with Gasteiger partial charge in [-0.1, -0.05) is 47.2 Å². The largest absolute Gasteiger partial charge is 0.482 e. The van der Waals surface area contributed by atoms with E-state index in [-0.39, 0.29) is 12.5 Å². The molecule has 0 radical (unpaired) electrons. The summed E-state index contributed by atoms with van der Waals surface area (Å²) in [6.45, 7) is 3.48. The zero-order chi connectivity index (χ0) is 17.9. The summed E-state index contributed by atoms with van der Waals surface area (Å²) < 4.78 is 7.30. The first-order chi connectivity index (χ1) is 12.7. The number of hydrogen-bond donors (Lipinski definition) is 0. The van der Waals surface area contributed by atoms with Crippen molar-refractivity contribution >= 4 is 11.6 Å². The third kappa shape index (κ3) is 3.31. The summed E-state index contributed by atoms with van der Waals surface area (Å²) in [7, 11) is 0. The molecule has 0 N–H and O–H groups in total. The minimum absolute atomic E-state index is 0.0114. The Morgan fingerprint density at radius 2 is 1.88 bits per heavy atom. The molecule has 4 rings (SSSR count). The van der Waals surface area contributed by atoms with Crippen molar-refractivity contribution in [1.29, 1.82) is 0 Å². The third-order valence-electron chi connectivity index (χ3n) is 4.46. The average molecular weight is 348 g/mol. The molecule has 132 valence electrons. The summed E-state index contributed by atoms with van der Waals surface area (Å²) in [4.78, 5) is 14.0. The first-order valence-corrected chi connectivity index (χ1v) is 8.70. The van der Waals surface area contributed by atoms with Crippen LogP contribution in [0.25, 0.3) is 11.3 Å².